The van der Waals surface area contributed by atoms with Crippen LogP contribution in [0.25, 0.3) is 0 Å². The van der Waals surface area contributed by atoms with Gasteiger partial charge in [0.1, 0.15) is 11.5 Å². The Morgan fingerprint density at radius 2 is 1.10 bits per heavy atom. The first kappa shape index (κ1) is 25.2. The summed E-state index contributed by atoms with van der Waals surface area (Å²) >= 11 is 0. The Kier molecular flexibility index (Phi) is 10.6. The summed E-state index contributed by atoms with van der Waals surface area (Å²) in [6, 6.07) is 15.3. The Bertz CT molecular complexity index is 759. The average Bonchev–Trinajstić information content (AvgIpc) is 3.39. The largest absolute Gasteiger partial charge is 0.458 e. The number of rotatable bonds is 6. The van der Waals surface area contributed by atoms with Crippen molar-refractivity contribution in [2.24, 2.45) is 9.98 Å². The van der Waals surface area contributed by atoms with E-state index in [9.17, 15) is 0 Å². The van der Waals surface area contributed by atoms with Gasteiger partial charge >= 0.3 is 0 Å². The summed E-state index contributed by atoms with van der Waals surface area (Å²) in [6.45, 7) is 3.52. The molecular formula is C20H28Cl2N6O2. The molecule has 0 saturated carbocycles. The van der Waals surface area contributed by atoms with Gasteiger partial charge in [-0.3, -0.25) is 9.98 Å². The predicted octanol–water partition coefficient (Wildman–Crippen LogP) is 3.32. The van der Waals surface area contributed by atoms with Crippen LogP contribution in [0, 0.1) is 0 Å². The molecule has 0 atom stereocenters. The molecule has 0 saturated heterocycles. The highest BCUT2D eigenvalue weighted by atomic mass is 35.5. The quantitative estimate of drug-likeness (QED) is 0.500. The van der Waals surface area contributed by atoms with Crippen LogP contribution in [-0.2, 0) is 0 Å². The molecule has 0 spiro atoms. The zero-order valence-electron chi connectivity index (χ0n) is 15.7. The minimum Gasteiger partial charge on any atom is -0.458 e. The fraction of sp³-hybridized carbons (Fsp3) is 0.300. The third kappa shape index (κ3) is 7.20. The van der Waals surface area contributed by atoms with E-state index in [1.807, 2.05) is 48.5 Å². The molecule has 0 unspecified atom stereocenters. The zero-order chi connectivity index (χ0) is 18.3. The van der Waals surface area contributed by atoms with Crippen molar-refractivity contribution in [3.63, 3.8) is 0 Å². The molecular weight excluding hydrogens is 427 g/mol. The summed E-state index contributed by atoms with van der Waals surface area (Å²) in [5.74, 6) is 3.09. The molecule has 0 fully saturated rings. The molecule has 0 aliphatic carbocycles. The second-order valence-electron chi connectivity index (χ2n) is 6.02. The number of nitrogens with one attached hydrogen (secondary N) is 4. The summed E-state index contributed by atoms with van der Waals surface area (Å²) < 4.78 is 11.3. The third-order valence-electron chi connectivity index (χ3n) is 4.03. The molecule has 0 amide bonds. The van der Waals surface area contributed by atoms with Crippen molar-refractivity contribution in [1.29, 1.82) is 0 Å². The first-order valence-corrected chi connectivity index (χ1v) is 8.92. The Labute approximate surface area is 189 Å². The summed E-state index contributed by atoms with van der Waals surface area (Å²) in [5.41, 5.74) is 1.92. The molecule has 2 aromatic carbocycles. The highest BCUT2D eigenvalue weighted by Gasteiger charge is 2.06. The third-order valence-corrected chi connectivity index (χ3v) is 4.03. The number of aliphatic imine (C=N–C) groups is 2. The molecule has 0 aromatic heterocycles. The Morgan fingerprint density at radius 3 is 1.43 bits per heavy atom. The van der Waals surface area contributed by atoms with E-state index in [1.54, 1.807) is 0 Å². The van der Waals surface area contributed by atoms with Gasteiger partial charge in [-0.05, 0) is 48.5 Å². The number of ether oxygens (including phenoxy) is 2. The Balaban J connectivity index is 0.00000150. The van der Waals surface area contributed by atoms with Crippen molar-refractivity contribution < 1.29 is 9.47 Å². The van der Waals surface area contributed by atoms with Crippen LogP contribution in [0.3, 0.4) is 0 Å². The molecule has 0 radical (unpaired) electrons. The SMILES string of the molecule is C.Cl.Cl.c1cc(OCOc2ccc(NC3=NCCN3)cc2)ccc1NC1=NCCN1. The maximum Gasteiger partial charge on any atom is 0.230 e. The zero-order valence-corrected chi connectivity index (χ0v) is 17.3. The van der Waals surface area contributed by atoms with E-state index in [2.05, 4.69) is 31.3 Å². The van der Waals surface area contributed by atoms with Crippen LogP contribution in [0.4, 0.5) is 11.4 Å². The van der Waals surface area contributed by atoms with E-state index in [0.717, 1.165) is 61.0 Å². The van der Waals surface area contributed by atoms with Gasteiger partial charge in [0.25, 0.3) is 0 Å². The molecule has 8 nitrogen and oxygen atoms in total. The summed E-state index contributed by atoms with van der Waals surface area (Å²) in [7, 11) is 0. The normalized spacial score (nSPS) is 13.7. The molecule has 10 heteroatoms. The minimum absolute atomic E-state index is 0. The topological polar surface area (TPSA) is 91.3 Å². The maximum atomic E-state index is 5.63. The number of benzene rings is 2. The molecule has 2 aliphatic heterocycles. The number of halogens is 2. The smallest absolute Gasteiger partial charge is 0.230 e. The molecule has 164 valence electrons. The van der Waals surface area contributed by atoms with Crippen LogP contribution in [0.1, 0.15) is 7.43 Å². The second-order valence-corrected chi connectivity index (χ2v) is 6.02. The van der Waals surface area contributed by atoms with Gasteiger partial charge < -0.3 is 30.7 Å². The van der Waals surface area contributed by atoms with E-state index < -0.39 is 0 Å². The Hall–Kier alpha value is -2.84. The number of guanidine groups is 2. The standard InChI is InChI=1S/C19H22N6O2.CH4.2ClH/c1-5-16(6-2-14(1)24-18-20-9-10-21-18)26-13-27-17-7-3-15(4-8-17)25-19-22-11-12-23-19;;;/h1-8H,9-13H2,(H2,20,21,24)(H2,22,23,25);1H4;2*1H. The highest BCUT2D eigenvalue weighted by molar-refractivity contribution is 5.95. The van der Waals surface area contributed by atoms with Gasteiger partial charge in [0, 0.05) is 24.5 Å². The average molecular weight is 455 g/mol. The second kappa shape index (κ2) is 12.7. The van der Waals surface area contributed by atoms with E-state index in [4.69, 9.17) is 9.47 Å². The van der Waals surface area contributed by atoms with Crippen LogP contribution in [-0.4, -0.2) is 44.9 Å². The van der Waals surface area contributed by atoms with Crippen LogP contribution >= 0.6 is 24.8 Å². The summed E-state index contributed by atoms with van der Waals surface area (Å²) in [6.07, 6.45) is 0. The van der Waals surface area contributed by atoms with Crippen molar-refractivity contribution in [1.82, 2.24) is 10.6 Å². The molecule has 2 aliphatic rings. The van der Waals surface area contributed by atoms with Crippen LogP contribution < -0.4 is 30.7 Å². The van der Waals surface area contributed by atoms with E-state index in [-0.39, 0.29) is 39.0 Å². The minimum atomic E-state index is 0. The molecule has 4 N–H and O–H groups in total. The fourth-order valence-electron chi connectivity index (χ4n) is 2.67. The predicted molar refractivity (Wildman–Crippen MR) is 128 cm³/mol. The lowest BCUT2D eigenvalue weighted by molar-refractivity contribution is 0.120. The Morgan fingerprint density at radius 1 is 0.700 bits per heavy atom. The van der Waals surface area contributed by atoms with E-state index in [1.165, 1.54) is 0 Å². The van der Waals surface area contributed by atoms with Crippen LogP contribution in [0.2, 0.25) is 0 Å². The molecule has 0 bridgehead atoms. The number of anilines is 2. The lowest BCUT2D eigenvalue weighted by atomic mass is 10.3. The van der Waals surface area contributed by atoms with Gasteiger partial charge in [0.05, 0.1) is 13.1 Å². The number of hydrogen-bond donors (Lipinski definition) is 4. The molecule has 2 heterocycles. The van der Waals surface area contributed by atoms with Crippen LogP contribution in [0.15, 0.2) is 58.5 Å². The van der Waals surface area contributed by atoms with Gasteiger partial charge in [-0.1, -0.05) is 7.43 Å². The van der Waals surface area contributed by atoms with Crippen molar-refractivity contribution in [2.45, 2.75) is 7.43 Å². The molecule has 4 rings (SSSR count). The van der Waals surface area contributed by atoms with E-state index in [0.29, 0.717) is 0 Å². The van der Waals surface area contributed by atoms with Gasteiger partial charge in [0.2, 0.25) is 6.79 Å². The molecule has 30 heavy (non-hydrogen) atoms. The number of nitrogens with zero attached hydrogens (tertiary/aromatic N) is 2. The lowest BCUT2D eigenvalue weighted by Gasteiger charge is -2.11. The maximum absolute atomic E-state index is 5.63. The van der Waals surface area contributed by atoms with Crippen molar-refractivity contribution in [2.75, 3.05) is 43.6 Å². The van der Waals surface area contributed by atoms with Crippen molar-refractivity contribution in [3.05, 3.63) is 48.5 Å². The number of hydrogen-bond acceptors (Lipinski definition) is 8. The summed E-state index contributed by atoms with van der Waals surface area (Å²) in [4.78, 5) is 8.60. The van der Waals surface area contributed by atoms with Crippen LogP contribution in [0.5, 0.6) is 11.5 Å². The summed E-state index contributed by atoms with van der Waals surface area (Å²) in [5, 5.41) is 12.8. The monoisotopic (exact) mass is 454 g/mol. The van der Waals surface area contributed by atoms with E-state index >= 15 is 0 Å². The van der Waals surface area contributed by atoms with Crippen molar-refractivity contribution >= 4 is 48.1 Å². The molecule has 2 aromatic rings. The first-order chi connectivity index (χ1) is 13.3. The van der Waals surface area contributed by atoms with Crippen molar-refractivity contribution in [3.8, 4) is 11.5 Å². The van der Waals surface area contributed by atoms with Gasteiger partial charge in [-0.25, -0.2) is 0 Å². The fourth-order valence-corrected chi connectivity index (χ4v) is 2.67. The highest BCUT2D eigenvalue weighted by Crippen LogP contribution is 2.18. The lowest BCUT2D eigenvalue weighted by Crippen LogP contribution is -2.26. The first-order valence-electron chi connectivity index (χ1n) is 8.92. The van der Waals surface area contributed by atoms with Gasteiger partial charge in [0.15, 0.2) is 11.9 Å². The van der Waals surface area contributed by atoms with Gasteiger partial charge in [-0.15, -0.1) is 24.8 Å². The van der Waals surface area contributed by atoms with Gasteiger partial charge in [-0.2, -0.15) is 0 Å².